The van der Waals surface area contributed by atoms with Crippen molar-refractivity contribution in [1.29, 1.82) is 0 Å². The van der Waals surface area contributed by atoms with Gasteiger partial charge in [0.05, 0.1) is 5.75 Å². The van der Waals surface area contributed by atoms with E-state index in [1.807, 2.05) is 12.1 Å². The maximum absolute atomic E-state index is 12.0. The van der Waals surface area contributed by atoms with Crippen LogP contribution in [-0.4, -0.2) is 47.2 Å². The Morgan fingerprint density at radius 1 is 1.22 bits per heavy atom. The highest BCUT2D eigenvalue weighted by Gasteiger charge is 2.29. The Balaban J connectivity index is 1.33. The van der Waals surface area contributed by atoms with Gasteiger partial charge < -0.3 is 10.2 Å². The SMILES string of the molecule is O=C(CSc1ccncc1)NCC1CCN(C2CCCCC2)C1. The fraction of sp³-hybridized carbons (Fsp3) is 0.667. The molecule has 1 aromatic heterocycles. The molecule has 1 N–H and O–H groups in total. The smallest absolute Gasteiger partial charge is 0.230 e. The van der Waals surface area contributed by atoms with E-state index in [1.54, 1.807) is 24.2 Å². The van der Waals surface area contributed by atoms with Gasteiger partial charge in [0, 0.05) is 36.4 Å². The molecule has 1 atom stereocenters. The molecule has 23 heavy (non-hydrogen) atoms. The van der Waals surface area contributed by atoms with E-state index in [2.05, 4.69) is 15.2 Å². The number of hydrogen-bond acceptors (Lipinski definition) is 4. The van der Waals surface area contributed by atoms with E-state index in [-0.39, 0.29) is 5.91 Å². The maximum atomic E-state index is 12.0. The van der Waals surface area contributed by atoms with Gasteiger partial charge >= 0.3 is 0 Å². The van der Waals surface area contributed by atoms with E-state index < -0.39 is 0 Å². The third-order valence-electron chi connectivity index (χ3n) is 5.02. The molecule has 1 amide bonds. The third kappa shape index (κ3) is 5.21. The summed E-state index contributed by atoms with van der Waals surface area (Å²) in [4.78, 5) is 19.7. The summed E-state index contributed by atoms with van der Waals surface area (Å²) in [5.41, 5.74) is 0. The monoisotopic (exact) mass is 333 g/mol. The Morgan fingerprint density at radius 3 is 2.78 bits per heavy atom. The van der Waals surface area contributed by atoms with Crippen molar-refractivity contribution in [3.05, 3.63) is 24.5 Å². The number of amides is 1. The van der Waals surface area contributed by atoms with Crippen LogP contribution in [0, 0.1) is 5.92 Å². The van der Waals surface area contributed by atoms with Crippen LogP contribution < -0.4 is 5.32 Å². The summed E-state index contributed by atoms with van der Waals surface area (Å²) in [5, 5.41) is 3.12. The van der Waals surface area contributed by atoms with Crippen LogP contribution in [0.3, 0.4) is 0 Å². The molecule has 1 saturated carbocycles. The van der Waals surface area contributed by atoms with Crippen molar-refractivity contribution in [3.63, 3.8) is 0 Å². The van der Waals surface area contributed by atoms with Gasteiger partial charge in [0.2, 0.25) is 5.91 Å². The molecule has 1 saturated heterocycles. The van der Waals surface area contributed by atoms with Crippen molar-refractivity contribution in [2.75, 3.05) is 25.4 Å². The molecule has 1 aromatic rings. The lowest BCUT2D eigenvalue weighted by atomic mass is 9.94. The summed E-state index contributed by atoms with van der Waals surface area (Å²) in [6, 6.07) is 4.69. The zero-order chi connectivity index (χ0) is 15.9. The molecule has 2 aliphatic rings. The minimum Gasteiger partial charge on any atom is -0.355 e. The highest BCUT2D eigenvalue weighted by Crippen LogP contribution is 2.27. The first-order chi connectivity index (χ1) is 11.3. The Morgan fingerprint density at radius 2 is 2.00 bits per heavy atom. The van der Waals surface area contributed by atoms with Crippen molar-refractivity contribution in [2.45, 2.75) is 49.5 Å². The molecule has 4 nitrogen and oxygen atoms in total. The molecule has 3 rings (SSSR count). The molecule has 2 heterocycles. The van der Waals surface area contributed by atoms with Gasteiger partial charge in [-0.15, -0.1) is 11.8 Å². The number of likely N-dealkylation sites (tertiary alicyclic amines) is 1. The van der Waals surface area contributed by atoms with Crippen molar-refractivity contribution in [3.8, 4) is 0 Å². The summed E-state index contributed by atoms with van der Waals surface area (Å²) in [6.07, 6.45) is 11.7. The topological polar surface area (TPSA) is 45.2 Å². The molecule has 1 unspecified atom stereocenters. The van der Waals surface area contributed by atoms with Gasteiger partial charge in [0.25, 0.3) is 0 Å². The van der Waals surface area contributed by atoms with Gasteiger partial charge in [0.1, 0.15) is 0 Å². The van der Waals surface area contributed by atoms with Gasteiger partial charge in [0.15, 0.2) is 0 Å². The summed E-state index contributed by atoms with van der Waals surface area (Å²) >= 11 is 1.57. The molecular formula is C18H27N3OS. The number of thioether (sulfide) groups is 1. The number of carbonyl (C=O) groups excluding carboxylic acids is 1. The first-order valence-electron chi connectivity index (χ1n) is 8.85. The fourth-order valence-electron chi connectivity index (χ4n) is 3.70. The molecule has 0 spiro atoms. The van der Waals surface area contributed by atoms with Crippen LogP contribution >= 0.6 is 11.8 Å². The van der Waals surface area contributed by atoms with Gasteiger partial charge in [-0.25, -0.2) is 0 Å². The summed E-state index contributed by atoms with van der Waals surface area (Å²) in [6.45, 7) is 3.22. The predicted molar refractivity (Wildman–Crippen MR) is 94.5 cm³/mol. The normalized spacial score (nSPS) is 23.0. The van der Waals surface area contributed by atoms with E-state index >= 15 is 0 Å². The number of nitrogens with one attached hydrogen (secondary N) is 1. The summed E-state index contributed by atoms with van der Waals surface area (Å²) in [5.74, 6) is 1.26. The van der Waals surface area contributed by atoms with Gasteiger partial charge in [-0.3, -0.25) is 9.78 Å². The molecule has 126 valence electrons. The largest absolute Gasteiger partial charge is 0.355 e. The molecule has 0 radical (unpaired) electrons. The minimum atomic E-state index is 0.142. The van der Waals surface area contributed by atoms with E-state index in [1.165, 1.54) is 51.6 Å². The number of rotatable bonds is 6. The predicted octanol–water partition coefficient (Wildman–Crippen LogP) is 2.94. The van der Waals surface area contributed by atoms with Crippen molar-refractivity contribution in [2.24, 2.45) is 5.92 Å². The quantitative estimate of drug-likeness (QED) is 0.813. The van der Waals surface area contributed by atoms with Crippen LogP contribution in [0.2, 0.25) is 0 Å². The molecule has 0 aromatic carbocycles. The number of carbonyl (C=O) groups is 1. The molecule has 5 heteroatoms. The van der Waals surface area contributed by atoms with E-state index in [4.69, 9.17) is 0 Å². The number of pyridine rings is 1. The number of hydrogen-bond donors (Lipinski definition) is 1. The second-order valence-electron chi connectivity index (χ2n) is 6.72. The van der Waals surface area contributed by atoms with Gasteiger partial charge in [-0.05, 0) is 43.9 Å². The fourth-order valence-corrected chi connectivity index (χ4v) is 4.41. The number of aromatic nitrogens is 1. The first-order valence-corrected chi connectivity index (χ1v) is 9.83. The van der Waals surface area contributed by atoms with Crippen molar-refractivity contribution in [1.82, 2.24) is 15.2 Å². The molecule has 1 aliphatic heterocycles. The Labute approximate surface area is 143 Å². The second-order valence-corrected chi connectivity index (χ2v) is 7.77. The Bertz CT molecular complexity index is 490. The standard InChI is InChI=1S/C18H27N3OS/c22-18(14-23-17-6-9-19-10-7-17)20-12-15-8-11-21(13-15)16-4-2-1-3-5-16/h6-7,9-10,15-16H,1-5,8,11-14H2,(H,20,22). The van der Waals surface area contributed by atoms with Crippen molar-refractivity contribution >= 4 is 17.7 Å². The van der Waals surface area contributed by atoms with Crippen LogP contribution in [0.25, 0.3) is 0 Å². The lowest BCUT2D eigenvalue weighted by Gasteiger charge is -2.31. The Kier molecular flexibility index (Phi) is 6.34. The lowest BCUT2D eigenvalue weighted by molar-refractivity contribution is -0.118. The zero-order valence-electron chi connectivity index (χ0n) is 13.7. The van der Waals surface area contributed by atoms with Gasteiger partial charge in [-0.1, -0.05) is 19.3 Å². The highest BCUT2D eigenvalue weighted by molar-refractivity contribution is 8.00. The highest BCUT2D eigenvalue weighted by atomic mass is 32.2. The molecule has 0 bridgehead atoms. The molecule has 2 fully saturated rings. The van der Waals surface area contributed by atoms with E-state index in [9.17, 15) is 4.79 Å². The van der Waals surface area contributed by atoms with E-state index in [0.717, 1.165) is 17.5 Å². The van der Waals surface area contributed by atoms with Crippen LogP contribution in [0.4, 0.5) is 0 Å². The first kappa shape index (κ1) is 16.8. The lowest BCUT2D eigenvalue weighted by Crippen LogP contribution is -2.36. The molecular weight excluding hydrogens is 306 g/mol. The Hall–Kier alpha value is -1.07. The average molecular weight is 334 g/mol. The summed E-state index contributed by atoms with van der Waals surface area (Å²) < 4.78 is 0. The van der Waals surface area contributed by atoms with Gasteiger partial charge in [-0.2, -0.15) is 0 Å². The average Bonchev–Trinajstić information content (AvgIpc) is 3.09. The van der Waals surface area contributed by atoms with Crippen molar-refractivity contribution < 1.29 is 4.79 Å². The van der Waals surface area contributed by atoms with Crippen LogP contribution in [0.1, 0.15) is 38.5 Å². The van der Waals surface area contributed by atoms with Crippen LogP contribution in [0.15, 0.2) is 29.4 Å². The second kappa shape index (κ2) is 8.69. The zero-order valence-corrected chi connectivity index (χ0v) is 14.6. The van der Waals surface area contributed by atoms with Crippen LogP contribution in [0.5, 0.6) is 0 Å². The maximum Gasteiger partial charge on any atom is 0.230 e. The minimum absolute atomic E-state index is 0.142. The van der Waals surface area contributed by atoms with E-state index in [0.29, 0.717) is 11.7 Å². The van der Waals surface area contributed by atoms with Crippen LogP contribution in [-0.2, 0) is 4.79 Å². The molecule has 1 aliphatic carbocycles. The third-order valence-corrected chi connectivity index (χ3v) is 6.03. The number of nitrogens with zero attached hydrogens (tertiary/aromatic N) is 2. The summed E-state index contributed by atoms with van der Waals surface area (Å²) in [7, 11) is 0.